The highest BCUT2D eigenvalue weighted by molar-refractivity contribution is 7.10. The summed E-state index contributed by atoms with van der Waals surface area (Å²) in [5, 5.41) is 15.3. The minimum atomic E-state index is -0.649. The molecule has 2 aliphatic rings. The van der Waals surface area contributed by atoms with E-state index < -0.39 is 17.7 Å². The topological polar surface area (TPSA) is 113 Å². The number of carbonyl (C=O) groups excluding carboxylic acids is 3. The van der Waals surface area contributed by atoms with Crippen LogP contribution in [-0.2, 0) is 0 Å². The van der Waals surface area contributed by atoms with Crippen LogP contribution < -0.4 is 10.6 Å². The van der Waals surface area contributed by atoms with Crippen LogP contribution in [0.4, 0.5) is 5.69 Å². The molecule has 3 amide bonds. The maximum Gasteiger partial charge on any atom is 0.298 e. The molecule has 0 spiro atoms. The molecule has 9 heteroatoms. The van der Waals surface area contributed by atoms with Gasteiger partial charge in [-0.15, -0.1) is 21.6 Å². The number of piperidine rings is 1. The van der Waals surface area contributed by atoms with Gasteiger partial charge in [0.2, 0.25) is 0 Å². The fourth-order valence-corrected chi connectivity index (χ4v) is 4.07. The highest BCUT2D eigenvalue weighted by Gasteiger charge is 2.26. The average molecular weight is 369 g/mol. The number of nitrogens with one attached hydrogen (secondary N) is 2. The molecular weight excluding hydrogens is 354 g/mol. The summed E-state index contributed by atoms with van der Waals surface area (Å²) in [7, 11) is 0. The van der Waals surface area contributed by atoms with E-state index in [4.69, 9.17) is 0 Å². The summed E-state index contributed by atoms with van der Waals surface area (Å²) in [5.74, 6) is -1.30. The van der Waals surface area contributed by atoms with Crippen LogP contribution in [0.2, 0.25) is 0 Å². The molecule has 0 saturated carbocycles. The van der Waals surface area contributed by atoms with E-state index in [-0.39, 0.29) is 16.8 Å². The van der Waals surface area contributed by atoms with Gasteiger partial charge in [0.1, 0.15) is 5.69 Å². The molecule has 0 atom stereocenters. The summed E-state index contributed by atoms with van der Waals surface area (Å²) in [6.07, 6.45) is 2.00. The third kappa shape index (κ3) is 3.06. The second kappa shape index (κ2) is 6.85. The second-order valence-electron chi connectivity index (χ2n) is 6.09. The number of rotatable bonds is 3. The number of thiazole rings is 1. The number of aromatic nitrogens is 1. The van der Waals surface area contributed by atoms with Gasteiger partial charge in [-0.3, -0.25) is 14.4 Å². The van der Waals surface area contributed by atoms with E-state index in [0.29, 0.717) is 11.6 Å². The number of hydrogen-bond acceptors (Lipinski definition) is 6. The molecule has 26 heavy (non-hydrogen) atoms. The van der Waals surface area contributed by atoms with Gasteiger partial charge in [0.05, 0.1) is 21.8 Å². The molecule has 2 aromatic rings. The zero-order valence-corrected chi connectivity index (χ0v) is 14.5. The number of amides is 3. The van der Waals surface area contributed by atoms with Crippen molar-refractivity contribution < 1.29 is 14.4 Å². The first-order valence-corrected chi connectivity index (χ1v) is 9.12. The Hall–Kier alpha value is -2.78. The van der Waals surface area contributed by atoms with Crippen LogP contribution in [0.3, 0.4) is 0 Å². The largest absolute Gasteiger partial charge is 0.320 e. The molecule has 4 rings (SSSR count). The van der Waals surface area contributed by atoms with Crippen molar-refractivity contribution in [1.29, 1.82) is 0 Å². The van der Waals surface area contributed by atoms with Crippen molar-refractivity contribution in [2.45, 2.75) is 18.8 Å². The summed E-state index contributed by atoms with van der Waals surface area (Å²) in [5.41, 5.74) is 0.740. The van der Waals surface area contributed by atoms with Gasteiger partial charge in [-0.25, -0.2) is 4.98 Å². The van der Waals surface area contributed by atoms with Crippen molar-refractivity contribution in [3.8, 4) is 0 Å². The molecule has 1 aromatic carbocycles. The number of benzene rings is 1. The molecule has 0 bridgehead atoms. The standard InChI is InChI=1S/C17H15N5O3S/c23-14-10-2-1-3-11(13(10)16(25)22-21-14)19-15(24)12-8-26-17(20-12)9-4-6-18-7-5-9/h1-3,8-9,18H,4-7H2,(H,19,24). The summed E-state index contributed by atoms with van der Waals surface area (Å²) in [6, 6.07) is 4.63. The van der Waals surface area contributed by atoms with Crippen LogP contribution >= 0.6 is 11.3 Å². The lowest BCUT2D eigenvalue weighted by atomic mass is 9.99. The fourth-order valence-electron chi connectivity index (χ4n) is 3.09. The summed E-state index contributed by atoms with van der Waals surface area (Å²) in [6.45, 7) is 1.90. The second-order valence-corrected chi connectivity index (χ2v) is 6.98. The third-order valence-corrected chi connectivity index (χ3v) is 5.44. The SMILES string of the molecule is O=C(Nc1cccc2c1C(=O)N=NC2=O)c1csc(C2CCNCC2)n1. The molecule has 0 unspecified atom stereocenters. The Labute approximate surface area is 152 Å². The van der Waals surface area contributed by atoms with Gasteiger partial charge < -0.3 is 10.6 Å². The monoisotopic (exact) mass is 369 g/mol. The van der Waals surface area contributed by atoms with Crippen molar-refractivity contribution in [2.24, 2.45) is 10.2 Å². The van der Waals surface area contributed by atoms with Gasteiger partial charge in [0.15, 0.2) is 0 Å². The van der Waals surface area contributed by atoms with Crippen molar-refractivity contribution in [2.75, 3.05) is 18.4 Å². The average Bonchev–Trinajstić information content (AvgIpc) is 3.16. The van der Waals surface area contributed by atoms with Crippen molar-refractivity contribution in [3.63, 3.8) is 0 Å². The minimum absolute atomic E-state index is 0.0645. The minimum Gasteiger partial charge on any atom is -0.320 e. The van der Waals surface area contributed by atoms with E-state index in [2.05, 4.69) is 25.8 Å². The molecule has 1 fully saturated rings. The van der Waals surface area contributed by atoms with Crippen molar-refractivity contribution in [3.05, 3.63) is 45.4 Å². The molecule has 2 N–H and O–H groups in total. The van der Waals surface area contributed by atoms with Crippen molar-refractivity contribution in [1.82, 2.24) is 10.3 Å². The highest BCUT2D eigenvalue weighted by Crippen LogP contribution is 2.29. The van der Waals surface area contributed by atoms with Crippen LogP contribution in [0.25, 0.3) is 0 Å². The molecular formula is C17H15N5O3S. The van der Waals surface area contributed by atoms with Crippen LogP contribution in [0.1, 0.15) is 55.0 Å². The van der Waals surface area contributed by atoms with Gasteiger partial charge in [-0.1, -0.05) is 6.07 Å². The van der Waals surface area contributed by atoms with E-state index in [1.165, 1.54) is 17.4 Å². The molecule has 3 heterocycles. The van der Waals surface area contributed by atoms with Crippen LogP contribution in [0.5, 0.6) is 0 Å². The highest BCUT2D eigenvalue weighted by atomic mass is 32.1. The smallest absolute Gasteiger partial charge is 0.298 e. The summed E-state index contributed by atoms with van der Waals surface area (Å²) in [4.78, 5) is 40.8. The van der Waals surface area contributed by atoms with Crippen LogP contribution in [-0.4, -0.2) is 35.8 Å². The predicted molar refractivity (Wildman–Crippen MR) is 94.9 cm³/mol. The van der Waals surface area contributed by atoms with E-state index in [1.54, 1.807) is 17.5 Å². The van der Waals surface area contributed by atoms with Crippen LogP contribution in [0.15, 0.2) is 33.8 Å². The first kappa shape index (κ1) is 16.7. The number of anilines is 1. The molecule has 1 aromatic heterocycles. The van der Waals surface area contributed by atoms with Crippen LogP contribution in [0, 0.1) is 0 Å². The maximum absolute atomic E-state index is 12.6. The maximum atomic E-state index is 12.6. The molecule has 0 radical (unpaired) electrons. The van der Waals surface area contributed by atoms with Gasteiger partial charge in [-0.2, -0.15) is 0 Å². The Morgan fingerprint density at radius 2 is 1.92 bits per heavy atom. The van der Waals surface area contributed by atoms with E-state index in [9.17, 15) is 14.4 Å². The normalized spacial score (nSPS) is 17.2. The number of hydrogen-bond donors (Lipinski definition) is 2. The Bertz CT molecular complexity index is 930. The fraction of sp³-hybridized carbons (Fsp3) is 0.294. The molecule has 132 valence electrons. The van der Waals surface area contributed by atoms with E-state index >= 15 is 0 Å². The lowest BCUT2D eigenvalue weighted by molar-refractivity contribution is 0.0921. The number of azo groups is 1. The van der Waals surface area contributed by atoms with Gasteiger partial charge >= 0.3 is 0 Å². The Balaban J connectivity index is 1.56. The lowest BCUT2D eigenvalue weighted by Gasteiger charge is -2.20. The Kier molecular flexibility index (Phi) is 4.39. The zero-order chi connectivity index (χ0) is 18.1. The Morgan fingerprint density at radius 3 is 2.73 bits per heavy atom. The number of nitrogens with zero attached hydrogens (tertiary/aromatic N) is 3. The quantitative estimate of drug-likeness (QED) is 0.863. The molecule has 2 aliphatic heterocycles. The molecule has 8 nitrogen and oxygen atoms in total. The number of carbonyl (C=O) groups is 3. The van der Waals surface area contributed by atoms with Gasteiger partial charge in [-0.05, 0) is 38.1 Å². The lowest BCUT2D eigenvalue weighted by Crippen LogP contribution is -2.26. The number of fused-ring (bicyclic) bond motifs is 1. The van der Waals surface area contributed by atoms with Gasteiger partial charge in [0, 0.05) is 11.3 Å². The zero-order valence-electron chi connectivity index (χ0n) is 13.7. The molecule has 1 saturated heterocycles. The first-order valence-electron chi connectivity index (χ1n) is 8.24. The third-order valence-electron chi connectivity index (χ3n) is 4.43. The van der Waals surface area contributed by atoms with E-state index in [1.807, 2.05) is 0 Å². The summed E-state index contributed by atoms with van der Waals surface area (Å²) < 4.78 is 0. The van der Waals surface area contributed by atoms with Crippen molar-refractivity contribution >= 4 is 34.7 Å². The summed E-state index contributed by atoms with van der Waals surface area (Å²) >= 11 is 1.47. The molecule has 0 aliphatic carbocycles. The first-order chi connectivity index (χ1) is 12.6. The van der Waals surface area contributed by atoms with E-state index in [0.717, 1.165) is 30.9 Å². The predicted octanol–water partition coefficient (Wildman–Crippen LogP) is 2.61. The Morgan fingerprint density at radius 1 is 1.15 bits per heavy atom. The van der Waals surface area contributed by atoms with Gasteiger partial charge in [0.25, 0.3) is 17.7 Å².